The molecule has 1 heterocycles. The zero-order valence-electron chi connectivity index (χ0n) is 20.4. The van der Waals surface area contributed by atoms with Crippen LogP contribution in [0, 0.1) is 5.92 Å². The van der Waals surface area contributed by atoms with Crippen molar-refractivity contribution in [1.82, 2.24) is 9.97 Å². The normalized spacial score (nSPS) is 11.5. The van der Waals surface area contributed by atoms with Crippen molar-refractivity contribution in [2.75, 3.05) is 31.2 Å². The van der Waals surface area contributed by atoms with Gasteiger partial charge >= 0.3 is 0 Å². The minimum atomic E-state index is -4.00. The molecule has 0 saturated carbocycles. The Hall–Kier alpha value is -2.92. The third-order valence-corrected chi connectivity index (χ3v) is 7.08. The highest BCUT2D eigenvalue weighted by Crippen LogP contribution is 2.40. The van der Waals surface area contributed by atoms with Crippen LogP contribution in [-0.4, -0.2) is 50.4 Å². The molecule has 0 fully saturated rings. The molecule has 2 aromatic carbocycles. The van der Waals surface area contributed by atoms with Crippen LogP contribution in [0.5, 0.6) is 17.2 Å². The van der Waals surface area contributed by atoms with E-state index in [1.165, 1.54) is 29.9 Å². The monoisotopic (exact) mass is 535 g/mol. The summed E-state index contributed by atoms with van der Waals surface area (Å²) in [6.07, 6.45) is 1.71. The van der Waals surface area contributed by atoms with Gasteiger partial charge in [-0.1, -0.05) is 43.6 Å². The van der Waals surface area contributed by atoms with E-state index in [1.54, 1.807) is 36.4 Å². The van der Waals surface area contributed by atoms with Gasteiger partial charge in [0.05, 0.1) is 23.6 Å². The lowest BCUT2D eigenvalue weighted by molar-refractivity contribution is 0.100. The molecule has 0 radical (unpaired) electrons. The van der Waals surface area contributed by atoms with Crippen LogP contribution >= 0.6 is 11.6 Å². The summed E-state index contributed by atoms with van der Waals surface area (Å²) in [6.45, 7) is 4.23. The molecule has 11 heteroatoms. The van der Waals surface area contributed by atoms with Gasteiger partial charge in [-0.25, -0.2) is 22.7 Å². The van der Waals surface area contributed by atoms with Crippen molar-refractivity contribution in [3.8, 4) is 17.2 Å². The van der Waals surface area contributed by atoms with E-state index < -0.39 is 10.0 Å². The van der Waals surface area contributed by atoms with Gasteiger partial charge < -0.3 is 19.3 Å². The van der Waals surface area contributed by atoms with E-state index in [0.29, 0.717) is 22.9 Å². The van der Waals surface area contributed by atoms with Crippen molar-refractivity contribution in [3.05, 3.63) is 65.6 Å². The topological polar surface area (TPSA) is 111 Å². The maximum absolute atomic E-state index is 13.8. The van der Waals surface area contributed by atoms with Crippen molar-refractivity contribution in [1.29, 1.82) is 0 Å². The number of sulfonamides is 1. The van der Waals surface area contributed by atoms with Crippen molar-refractivity contribution >= 4 is 27.4 Å². The summed E-state index contributed by atoms with van der Waals surface area (Å²) in [5.41, 5.74) is 0.328. The van der Waals surface area contributed by atoms with Crippen molar-refractivity contribution in [3.63, 3.8) is 0 Å². The van der Waals surface area contributed by atoms with Crippen LogP contribution in [0.3, 0.4) is 0 Å². The molecule has 36 heavy (non-hydrogen) atoms. The number of aliphatic hydroxyl groups excluding tert-OH is 1. The summed E-state index contributed by atoms with van der Waals surface area (Å²) < 4.78 is 45.9. The van der Waals surface area contributed by atoms with Crippen molar-refractivity contribution in [2.45, 2.75) is 31.8 Å². The quantitative estimate of drug-likeness (QED) is 0.314. The molecule has 194 valence electrons. The van der Waals surface area contributed by atoms with Gasteiger partial charge in [-0.2, -0.15) is 0 Å². The summed E-state index contributed by atoms with van der Waals surface area (Å²) in [6, 6.07) is 13.0. The maximum Gasteiger partial charge on any atom is 0.265 e. The number of aliphatic hydroxyl groups is 1. The fourth-order valence-electron chi connectivity index (χ4n) is 3.27. The zero-order chi connectivity index (χ0) is 26.1. The van der Waals surface area contributed by atoms with Crippen molar-refractivity contribution < 1.29 is 27.7 Å². The lowest BCUT2D eigenvalue weighted by Crippen LogP contribution is -2.35. The molecule has 0 aliphatic rings. The summed E-state index contributed by atoms with van der Waals surface area (Å²) >= 11 is 6.39. The van der Waals surface area contributed by atoms with Crippen LogP contribution in [-0.2, 0) is 21.4 Å². The van der Waals surface area contributed by atoms with Gasteiger partial charge in [0.1, 0.15) is 23.5 Å². The second-order valence-corrected chi connectivity index (χ2v) is 10.5. The molecule has 0 atom stereocenters. The lowest BCUT2D eigenvalue weighted by Gasteiger charge is -2.27. The average Bonchev–Trinajstić information content (AvgIpc) is 2.87. The molecule has 0 unspecified atom stereocenters. The molecule has 0 amide bonds. The molecule has 0 aliphatic heterocycles. The van der Waals surface area contributed by atoms with Crippen LogP contribution in [0.2, 0.25) is 5.02 Å². The fourth-order valence-corrected chi connectivity index (χ4v) is 5.03. The predicted octanol–water partition coefficient (Wildman–Crippen LogP) is 4.68. The SMILES string of the molecule is COc1ccc(Cl)c(Oc2c(COCCCO)ncnc2N(CC(C)C)S(=O)(=O)c2ccccc2)c1. The second-order valence-electron chi connectivity index (χ2n) is 8.24. The molecular formula is C25H30ClN3O6S. The Morgan fingerprint density at radius 2 is 1.86 bits per heavy atom. The second kappa shape index (κ2) is 12.9. The van der Waals surface area contributed by atoms with E-state index in [4.69, 9.17) is 30.9 Å². The molecule has 0 saturated heterocycles. The van der Waals surface area contributed by atoms with Crippen LogP contribution in [0.15, 0.2) is 59.8 Å². The highest BCUT2D eigenvalue weighted by molar-refractivity contribution is 7.92. The minimum Gasteiger partial charge on any atom is -0.497 e. The molecule has 1 N–H and O–H groups in total. The van der Waals surface area contributed by atoms with Crippen LogP contribution in [0.25, 0.3) is 0 Å². The fraction of sp³-hybridized carbons (Fsp3) is 0.360. The number of methoxy groups -OCH3 is 1. The van der Waals surface area contributed by atoms with Gasteiger partial charge in [0.2, 0.25) is 0 Å². The number of nitrogens with zero attached hydrogens (tertiary/aromatic N) is 3. The summed E-state index contributed by atoms with van der Waals surface area (Å²) in [4.78, 5) is 8.76. The van der Waals surface area contributed by atoms with E-state index in [9.17, 15) is 8.42 Å². The van der Waals surface area contributed by atoms with Crippen LogP contribution in [0.4, 0.5) is 5.82 Å². The third-order valence-electron chi connectivity index (χ3n) is 4.99. The van der Waals surface area contributed by atoms with Gasteiger partial charge in [0, 0.05) is 25.8 Å². The van der Waals surface area contributed by atoms with Gasteiger partial charge in [0.25, 0.3) is 10.0 Å². The van der Waals surface area contributed by atoms with Crippen molar-refractivity contribution in [2.24, 2.45) is 5.92 Å². The Kier molecular flexibility index (Phi) is 9.89. The molecule has 9 nitrogen and oxygen atoms in total. The largest absolute Gasteiger partial charge is 0.497 e. The first-order chi connectivity index (χ1) is 17.3. The number of ether oxygens (including phenoxy) is 3. The van der Waals surface area contributed by atoms with Crippen LogP contribution in [0.1, 0.15) is 26.0 Å². The van der Waals surface area contributed by atoms with E-state index in [0.717, 1.165) is 0 Å². The lowest BCUT2D eigenvalue weighted by atomic mass is 10.2. The Bertz CT molecular complexity index is 1240. The first-order valence-electron chi connectivity index (χ1n) is 11.4. The Morgan fingerprint density at radius 1 is 1.11 bits per heavy atom. The van der Waals surface area contributed by atoms with Gasteiger partial charge in [-0.3, -0.25) is 0 Å². The van der Waals surface area contributed by atoms with Gasteiger partial charge in [0.15, 0.2) is 11.6 Å². The molecule has 0 bridgehead atoms. The molecular weight excluding hydrogens is 506 g/mol. The Morgan fingerprint density at radius 3 is 2.53 bits per heavy atom. The average molecular weight is 536 g/mol. The Labute approximate surface area is 216 Å². The first kappa shape index (κ1) is 27.7. The highest BCUT2D eigenvalue weighted by atomic mass is 35.5. The number of halogens is 1. The molecule has 0 spiro atoms. The van der Waals surface area contributed by atoms with E-state index in [-0.39, 0.29) is 54.5 Å². The third kappa shape index (κ3) is 6.85. The Balaban J connectivity index is 2.16. The maximum atomic E-state index is 13.8. The minimum absolute atomic E-state index is 0.00729. The van der Waals surface area contributed by atoms with Gasteiger partial charge in [-0.15, -0.1) is 0 Å². The molecule has 1 aromatic heterocycles. The number of hydrogen-bond acceptors (Lipinski definition) is 8. The van der Waals surface area contributed by atoms with Crippen LogP contribution < -0.4 is 13.8 Å². The van der Waals surface area contributed by atoms with E-state index >= 15 is 0 Å². The van der Waals surface area contributed by atoms with Gasteiger partial charge in [-0.05, 0) is 36.6 Å². The summed E-state index contributed by atoms with van der Waals surface area (Å²) in [7, 11) is -2.49. The molecule has 3 aromatic rings. The zero-order valence-corrected chi connectivity index (χ0v) is 22.0. The molecule has 3 rings (SSSR count). The number of aromatic nitrogens is 2. The van der Waals surface area contributed by atoms with E-state index in [1.807, 2.05) is 13.8 Å². The number of benzene rings is 2. The standard InChI is InChI=1S/C25H30ClN3O6S/c1-18(2)15-29(36(31,32)20-8-5-4-6-9-20)25-24(22(27-17-28-25)16-34-13-7-12-30)35-23-14-19(33-3)10-11-21(23)26/h4-6,8-11,14,17-18,30H,7,12-13,15-16H2,1-3H3. The highest BCUT2D eigenvalue weighted by Gasteiger charge is 2.31. The summed E-state index contributed by atoms with van der Waals surface area (Å²) in [5.74, 6) is 0.865. The number of hydrogen-bond donors (Lipinski definition) is 1. The number of anilines is 1. The smallest absolute Gasteiger partial charge is 0.265 e. The number of rotatable bonds is 13. The summed E-state index contributed by atoms with van der Waals surface area (Å²) in [5, 5.41) is 9.35. The first-order valence-corrected chi connectivity index (χ1v) is 13.2. The van der Waals surface area contributed by atoms with E-state index in [2.05, 4.69) is 9.97 Å². The predicted molar refractivity (Wildman–Crippen MR) is 137 cm³/mol. The molecule has 0 aliphatic carbocycles.